The molecule has 0 spiro atoms. The molecule has 5 nitrogen and oxygen atoms in total. The van der Waals surface area contributed by atoms with Crippen LogP contribution in [0.2, 0.25) is 0 Å². The molecular weight excluding hydrogens is 322 g/mol. The van der Waals surface area contributed by atoms with Crippen LogP contribution in [0.4, 0.5) is 0 Å². The monoisotopic (exact) mass is 352 g/mol. The largest absolute Gasteiger partial charge is 0.481 e. The Hall–Kier alpha value is -1.39. The number of carbonyl (C=O) groups excluding carboxylic acids is 2. The number of ether oxygens (including phenoxy) is 1. The first-order chi connectivity index (χ1) is 11.7. The second-order valence-corrected chi connectivity index (χ2v) is 8.85. The Morgan fingerprint density at radius 2 is 1.96 bits per heavy atom. The summed E-state index contributed by atoms with van der Waals surface area (Å²) < 4.78 is 5.05. The Kier molecular flexibility index (Phi) is 4.71. The maximum atomic E-state index is 12.7. The standard InChI is InChI=1S/C20H30O5/c1-19-10-8-14-12(13(19)5-6-15(19)18(24)25-3)4-7-16(21)20(14,2)11-9-17(22)23/h12-15H,4-11H2,1-3H3,(H,22,23)/t12-,13-,14-,15+,19-,20+/m0/s1/i18+2. The van der Waals surface area contributed by atoms with Crippen molar-refractivity contribution < 1.29 is 24.2 Å². The van der Waals surface area contributed by atoms with Crippen molar-refractivity contribution in [1.29, 1.82) is 0 Å². The minimum atomic E-state index is -0.830. The fourth-order valence-corrected chi connectivity index (χ4v) is 6.49. The van der Waals surface area contributed by atoms with Crippen LogP contribution in [-0.4, -0.2) is 29.9 Å². The number of methoxy groups -OCH3 is 1. The third kappa shape index (κ3) is 2.80. The highest BCUT2D eigenvalue weighted by molar-refractivity contribution is 5.86. The van der Waals surface area contributed by atoms with E-state index in [-0.39, 0.29) is 35.4 Å². The third-order valence-corrected chi connectivity index (χ3v) is 7.94. The molecule has 0 aliphatic heterocycles. The summed E-state index contributed by atoms with van der Waals surface area (Å²) >= 11 is 0. The molecule has 0 aromatic carbocycles. The van der Waals surface area contributed by atoms with Crippen LogP contribution >= 0.6 is 0 Å². The fraction of sp³-hybridized carbons (Fsp3) is 0.850. The number of carbonyl (C=O) groups is 3. The zero-order valence-corrected chi connectivity index (χ0v) is 15.5. The van der Waals surface area contributed by atoms with E-state index in [2.05, 4.69) is 6.92 Å². The minimum Gasteiger partial charge on any atom is -0.481 e. The van der Waals surface area contributed by atoms with Gasteiger partial charge >= 0.3 is 11.9 Å². The SMILES string of the molecule is CO[14C](=O)[C@H]1CC[C@H]2[C@@H]3CCC(=O)[C@](C)(CCC(=O)O)[C@H]3CC[C@]12C. The molecule has 0 saturated heterocycles. The number of hydrogen-bond acceptors (Lipinski definition) is 4. The summed E-state index contributed by atoms with van der Waals surface area (Å²) in [5.41, 5.74) is -0.561. The van der Waals surface area contributed by atoms with Gasteiger partial charge in [0.25, 0.3) is 0 Å². The second kappa shape index (κ2) is 6.40. The second-order valence-electron chi connectivity index (χ2n) is 8.85. The van der Waals surface area contributed by atoms with Crippen LogP contribution in [0.15, 0.2) is 0 Å². The summed E-state index contributed by atoms with van der Waals surface area (Å²) in [4.78, 5) is 36.0. The van der Waals surface area contributed by atoms with Crippen LogP contribution in [0.1, 0.15) is 65.2 Å². The van der Waals surface area contributed by atoms with Crippen LogP contribution < -0.4 is 0 Å². The van der Waals surface area contributed by atoms with Crippen molar-refractivity contribution in [3.8, 4) is 0 Å². The summed E-state index contributed by atoms with van der Waals surface area (Å²) in [6, 6.07) is 0. The topological polar surface area (TPSA) is 80.7 Å². The molecule has 0 amide bonds. The van der Waals surface area contributed by atoms with E-state index in [4.69, 9.17) is 9.84 Å². The van der Waals surface area contributed by atoms with Crippen molar-refractivity contribution >= 4 is 17.7 Å². The summed E-state index contributed by atoms with van der Waals surface area (Å²) in [5, 5.41) is 9.09. The number of carboxylic acid groups (broad SMARTS) is 1. The van der Waals surface area contributed by atoms with Crippen LogP contribution in [-0.2, 0) is 19.1 Å². The van der Waals surface area contributed by atoms with Crippen molar-refractivity contribution in [2.24, 2.45) is 34.5 Å². The molecule has 1 N–H and O–H groups in total. The van der Waals surface area contributed by atoms with Crippen molar-refractivity contribution in [2.45, 2.75) is 65.2 Å². The Morgan fingerprint density at radius 3 is 2.60 bits per heavy atom. The lowest BCUT2D eigenvalue weighted by Gasteiger charge is -2.55. The molecule has 0 aromatic rings. The maximum absolute atomic E-state index is 12.7. The highest BCUT2D eigenvalue weighted by Gasteiger charge is 2.60. The lowest BCUT2D eigenvalue weighted by atomic mass is 9.49. The summed E-state index contributed by atoms with van der Waals surface area (Å²) in [6.45, 7) is 4.22. The molecule has 3 rings (SSSR count). The predicted molar refractivity (Wildman–Crippen MR) is 91.8 cm³/mol. The number of esters is 1. The lowest BCUT2D eigenvalue weighted by molar-refractivity contribution is -0.158. The molecule has 6 atom stereocenters. The molecule has 3 fully saturated rings. The van der Waals surface area contributed by atoms with Crippen molar-refractivity contribution in [3.05, 3.63) is 0 Å². The molecule has 3 aliphatic carbocycles. The van der Waals surface area contributed by atoms with E-state index in [0.717, 1.165) is 32.1 Å². The van der Waals surface area contributed by atoms with E-state index in [1.165, 1.54) is 7.11 Å². The van der Waals surface area contributed by atoms with Crippen molar-refractivity contribution in [2.75, 3.05) is 7.11 Å². The Bertz CT molecular complexity index is 585. The van der Waals surface area contributed by atoms with Crippen LogP contribution in [0, 0.1) is 34.5 Å². The molecule has 0 heterocycles. The average Bonchev–Trinajstić information content (AvgIpc) is 2.93. The minimum absolute atomic E-state index is 0.0358. The molecular formula is C20H30O5. The summed E-state index contributed by atoms with van der Waals surface area (Å²) in [5.74, 6) is 0.389. The van der Waals surface area contributed by atoms with E-state index >= 15 is 0 Å². The third-order valence-electron chi connectivity index (χ3n) is 7.94. The van der Waals surface area contributed by atoms with Gasteiger partial charge in [-0.2, -0.15) is 0 Å². The lowest BCUT2D eigenvalue weighted by Crippen LogP contribution is -2.53. The van der Waals surface area contributed by atoms with Gasteiger partial charge in [-0.25, -0.2) is 0 Å². The van der Waals surface area contributed by atoms with Gasteiger partial charge in [-0.3, -0.25) is 14.4 Å². The number of aliphatic carboxylic acids is 1. The number of rotatable bonds is 4. The molecule has 3 saturated carbocycles. The van der Waals surface area contributed by atoms with Gasteiger partial charge in [-0.05, 0) is 61.7 Å². The molecule has 0 bridgehead atoms. The number of ketones is 1. The maximum Gasteiger partial charge on any atom is 0.309 e. The Labute approximate surface area is 149 Å². The van der Waals surface area contributed by atoms with E-state index in [9.17, 15) is 14.4 Å². The van der Waals surface area contributed by atoms with Gasteiger partial charge in [0, 0.05) is 18.3 Å². The first-order valence-electron chi connectivity index (χ1n) is 9.57. The van der Waals surface area contributed by atoms with Gasteiger partial charge in [0.1, 0.15) is 5.78 Å². The molecule has 140 valence electrons. The first kappa shape index (κ1) is 18.4. The molecule has 0 aromatic heterocycles. The molecule has 0 radical (unpaired) electrons. The van der Waals surface area contributed by atoms with Gasteiger partial charge in [0.2, 0.25) is 0 Å². The predicted octanol–water partition coefficient (Wildman–Crippen LogP) is 3.45. The summed E-state index contributed by atoms with van der Waals surface area (Å²) in [6.07, 6.45) is 5.65. The Morgan fingerprint density at radius 1 is 1.24 bits per heavy atom. The highest BCUT2D eigenvalue weighted by Crippen LogP contribution is 2.64. The van der Waals surface area contributed by atoms with Crippen LogP contribution in [0.25, 0.3) is 0 Å². The molecule has 5 heteroatoms. The van der Waals surface area contributed by atoms with Crippen molar-refractivity contribution in [1.82, 2.24) is 0 Å². The number of Topliss-reactive ketones (excluding diaryl/α,β-unsaturated/α-hetero) is 1. The highest BCUT2D eigenvalue weighted by atomic mass is 16.8. The zero-order chi connectivity index (χ0) is 18.4. The molecule has 25 heavy (non-hydrogen) atoms. The van der Waals surface area contributed by atoms with E-state index in [0.29, 0.717) is 24.7 Å². The van der Waals surface area contributed by atoms with Gasteiger partial charge in [-0.15, -0.1) is 0 Å². The first-order valence-corrected chi connectivity index (χ1v) is 9.57. The number of hydrogen-bond donors (Lipinski definition) is 1. The van der Waals surface area contributed by atoms with Gasteiger partial charge < -0.3 is 9.84 Å². The van der Waals surface area contributed by atoms with E-state index in [1.54, 1.807) is 0 Å². The zero-order valence-electron chi connectivity index (χ0n) is 15.5. The van der Waals surface area contributed by atoms with Crippen LogP contribution in [0.5, 0.6) is 0 Å². The van der Waals surface area contributed by atoms with E-state index < -0.39 is 11.4 Å². The van der Waals surface area contributed by atoms with Gasteiger partial charge in [0.15, 0.2) is 0 Å². The Balaban J connectivity index is 1.86. The van der Waals surface area contributed by atoms with Gasteiger partial charge in [-0.1, -0.05) is 13.8 Å². The quantitative estimate of drug-likeness (QED) is 0.784. The van der Waals surface area contributed by atoms with Crippen LogP contribution in [0.3, 0.4) is 0 Å². The normalized spacial score (nSPS) is 43.2. The number of fused-ring (bicyclic) bond motifs is 3. The fourth-order valence-electron chi connectivity index (χ4n) is 6.49. The molecule has 0 unspecified atom stereocenters. The number of carboxylic acids is 1. The molecule has 3 aliphatic rings. The average molecular weight is 352 g/mol. The summed E-state index contributed by atoms with van der Waals surface area (Å²) in [7, 11) is 1.47. The van der Waals surface area contributed by atoms with Gasteiger partial charge in [0.05, 0.1) is 13.0 Å². The van der Waals surface area contributed by atoms with Crippen molar-refractivity contribution in [3.63, 3.8) is 0 Å². The smallest absolute Gasteiger partial charge is 0.309 e. The van der Waals surface area contributed by atoms with E-state index in [1.807, 2.05) is 6.92 Å².